The van der Waals surface area contributed by atoms with Gasteiger partial charge in [-0.05, 0) is 31.2 Å². The van der Waals surface area contributed by atoms with E-state index in [0.717, 1.165) is 5.69 Å². The van der Waals surface area contributed by atoms with Crippen LogP contribution in [0.2, 0.25) is 5.02 Å². The number of carboxylic acids is 1. The van der Waals surface area contributed by atoms with Crippen LogP contribution in [0, 0.1) is 11.6 Å². The lowest BCUT2D eigenvalue weighted by atomic mass is 10.0. The van der Waals surface area contributed by atoms with Crippen molar-refractivity contribution in [2.45, 2.75) is 13.5 Å². The Hall–Kier alpha value is -3.72. The number of fused-ring (bicyclic) bond motifs is 3. The van der Waals surface area contributed by atoms with Crippen LogP contribution in [0.3, 0.4) is 0 Å². The molecule has 1 aliphatic heterocycles. The monoisotopic (exact) mass is 498 g/mol. The number of hydrogen-bond donors (Lipinski definition) is 1. The average molecular weight is 499 g/mol. The van der Waals surface area contributed by atoms with E-state index < -0.39 is 23.0 Å². The second kappa shape index (κ2) is 8.81. The summed E-state index contributed by atoms with van der Waals surface area (Å²) in [5.74, 6) is -2.28. The van der Waals surface area contributed by atoms with Gasteiger partial charge in [0.25, 0.3) is 0 Å². The number of aromatic carboxylic acids is 1. The van der Waals surface area contributed by atoms with Crippen LogP contribution in [0.1, 0.15) is 17.3 Å². The second-order valence-corrected chi connectivity index (χ2v) is 8.78. The molecule has 0 atom stereocenters. The summed E-state index contributed by atoms with van der Waals surface area (Å²) in [6, 6.07) is 7.40. The molecule has 0 saturated carbocycles. The zero-order chi connectivity index (χ0) is 24.9. The van der Waals surface area contributed by atoms with Gasteiger partial charge in [0.1, 0.15) is 17.2 Å². The smallest absolute Gasteiger partial charge is 0.341 e. The van der Waals surface area contributed by atoms with E-state index in [-0.39, 0.29) is 21.5 Å². The summed E-state index contributed by atoms with van der Waals surface area (Å²) in [4.78, 5) is 33.0. The molecule has 2 aromatic heterocycles. The fourth-order valence-electron chi connectivity index (χ4n) is 4.61. The van der Waals surface area contributed by atoms with E-state index in [1.54, 1.807) is 22.8 Å². The largest absolute Gasteiger partial charge is 0.477 e. The van der Waals surface area contributed by atoms with Gasteiger partial charge >= 0.3 is 5.97 Å². The number of halogens is 3. The highest BCUT2D eigenvalue weighted by molar-refractivity contribution is 6.31. The second-order valence-electron chi connectivity index (χ2n) is 8.37. The molecular weight excluding hydrogens is 478 g/mol. The third-order valence-corrected chi connectivity index (χ3v) is 6.73. The molecule has 1 aliphatic rings. The van der Waals surface area contributed by atoms with Crippen molar-refractivity contribution in [3.05, 3.63) is 75.2 Å². The number of rotatable bonds is 4. The number of carbonyl (C=O) groups is 1. The lowest BCUT2D eigenvalue weighted by Crippen LogP contribution is -2.46. The highest BCUT2D eigenvalue weighted by Gasteiger charge is 2.23. The van der Waals surface area contributed by atoms with Crippen molar-refractivity contribution in [1.82, 2.24) is 9.55 Å². The van der Waals surface area contributed by atoms with Gasteiger partial charge in [-0.1, -0.05) is 11.6 Å². The molecule has 5 rings (SSSR count). The van der Waals surface area contributed by atoms with Gasteiger partial charge in [-0.15, -0.1) is 0 Å². The van der Waals surface area contributed by atoms with Crippen LogP contribution >= 0.6 is 11.6 Å². The molecule has 0 bridgehead atoms. The van der Waals surface area contributed by atoms with Crippen LogP contribution in [0.25, 0.3) is 21.8 Å². The zero-order valence-electron chi connectivity index (χ0n) is 18.8. The predicted molar refractivity (Wildman–Crippen MR) is 132 cm³/mol. The summed E-state index contributed by atoms with van der Waals surface area (Å²) >= 11 is 5.91. The van der Waals surface area contributed by atoms with Crippen molar-refractivity contribution < 1.29 is 18.7 Å². The van der Waals surface area contributed by atoms with Gasteiger partial charge in [0.2, 0.25) is 5.43 Å². The topological polar surface area (TPSA) is 78.7 Å². The Bertz CT molecular complexity index is 1550. The summed E-state index contributed by atoms with van der Waals surface area (Å²) in [5.41, 5.74) is 0.897. The van der Waals surface area contributed by atoms with Gasteiger partial charge in [0.15, 0.2) is 0 Å². The highest BCUT2D eigenvalue weighted by Crippen LogP contribution is 2.31. The molecule has 0 amide bonds. The van der Waals surface area contributed by atoms with Crippen LogP contribution in [0.15, 0.2) is 47.5 Å². The number of aromatic nitrogens is 2. The number of aryl methyl sites for hydroxylation is 1. The van der Waals surface area contributed by atoms with Gasteiger partial charge in [0, 0.05) is 56.1 Å². The Morgan fingerprint density at radius 1 is 1.09 bits per heavy atom. The van der Waals surface area contributed by atoms with E-state index in [1.165, 1.54) is 24.5 Å². The molecule has 4 aromatic rings. The van der Waals surface area contributed by atoms with E-state index in [4.69, 9.17) is 11.6 Å². The van der Waals surface area contributed by atoms with Crippen LogP contribution in [0.5, 0.6) is 0 Å². The zero-order valence-corrected chi connectivity index (χ0v) is 19.5. The maximum absolute atomic E-state index is 15.1. The van der Waals surface area contributed by atoms with E-state index in [2.05, 4.69) is 4.98 Å². The van der Waals surface area contributed by atoms with Crippen LogP contribution in [-0.2, 0) is 6.54 Å². The normalized spacial score (nSPS) is 14.2. The standard InChI is InChI=1S/C25H21ClF2N4O3/c1-2-30-13-16(25(34)35)24(33)23-15-10-21(19(28)11-20(15)29-12-22(23)30)32-7-5-31(6-8-32)14-3-4-18(27)17(26)9-14/h3-4,9-13H,2,5-8H2,1H3,(H,34,35). The highest BCUT2D eigenvalue weighted by atomic mass is 35.5. The Kier molecular flexibility index (Phi) is 5.80. The lowest BCUT2D eigenvalue weighted by molar-refractivity contribution is 0.0695. The number of piperazine rings is 1. The summed E-state index contributed by atoms with van der Waals surface area (Å²) in [5, 5.41) is 10.2. The molecule has 35 heavy (non-hydrogen) atoms. The minimum atomic E-state index is -1.32. The first-order chi connectivity index (χ1) is 16.8. The molecule has 0 radical (unpaired) electrons. The molecule has 2 aromatic carbocycles. The number of benzene rings is 2. The molecule has 7 nitrogen and oxygen atoms in total. The summed E-state index contributed by atoms with van der Waals surface area (Å²) in [6.45, 7) is 4.35. The number of nitrogens with zero attached hydrogens (tertiary/aromatic N) is 4. The third kappa shape index (κ3) is 3.95. The first-order valence-electron chi connectivity index (χ1n) is 11.1. The first kappa shape index (κ1) is 23.0. The molecule has 10 heteroatoms. The maximum Gasteiger partial charge on any atom is 0.341 e. The molecule has 1 saturated heterocycles. The molecule has 0 aliphatic carbocycles. The van der Waals surface area contributed by atoms with Gasteiger partial charge in [-0.2, -0.15) is 0 Å². The minimum absolute atomic E-state index is 0.0448. The summed E-state index contributed by atoms with van der Waals surface area (Å²) in [7, 11) is 0. The fourth-order valence-corrected chi connectivity index (χ4v) is 4.79. The Morgan fingerprint density at radius 3 is 2.46 bits per heavy atom. The molecule has 0 spiro atoms. The molecule has 180 valence electrons. The van der Waals surface area contributed by atoms with Gasteiger partial charge in [-0.25, -0.2) is 13.6 Å². The van der Waals surface area contributed by atoms with Crippen molar-refractivity contribution in [2.24, 2.45) is 0 Å². The fraction of sp³-hybridized carbons (Fsp3) is 0.240. The van der Waals surface area contributed by atoms with Crippen molar-refractivity contribution in [2.75, 3.05) is 36.0 Å². The van der Waals surface area contributed by atoms with Crippen molar-refractivity contribution in [3.63, 3.8) is 0 Å². The lowest BCUT2D eigenvalue weighted by Gasteiger charge is -2.37. The number of pyridine rings is 2. The number of carboxylic acid groups (broad SMARTS) is 1. The van der Waals surface area contributed by atoms with Crippen LogP contribution in [0.4, 0.5) is 20.2 Å². The molecule has 1 fully saturated rings. The van der Waals surface area contributed by atoms with Crippen molar-refractivity contribution in [3.8, 4) is 0 Å². The summed E-state index contributed by atoms with van der Waals surface area (Å²) in [6.07, 6.45) is 2.78. The Labute approximate surface area is 203 Å². The maximum atomic E-state index is 15.1. The molecule has 0 unspecified atom stereocenters. The van der Waals surface area contributed by atoms with Gasteiger partial charge in [-0.3, -0.25) is 9.78 Å². The van der Waals surface area contributed by atoms with Gasteiger partial charge in [0.05, 0.1) is 33.3 Å². The number of hydrogen-bond acceptors (Lipinski definition) is 5. The van der Waals surface area contributed by atoms with Crippen LogP contribution in [-0.4, -0.2) is 46.8 Å². The average Bonchev–Trinajstić information content (AvgIpc) is 2.85. The Balaban J connectivity index is 1.56. The summed E-state index contributed by atoms with van der Waals surface area (Å²) < 4.78 is 30.3. The molecule has 1 N–H and O–H groups in total. The van der Waals surface area contributed by atoms with Crippen molar-refractivity contribution in [1.29, 1.82) is 0 Å². The number of anilines is 2. The van der Waals surface area contributed by atoms with E-state index in [0.29, 0.717) is 49.3 Å². The third-order valence-electron chi connectivity index (χ3n) is 6.44. The van der Waals surface area contributed by atoms with Gasteiger partial charge < -0.3 is 19.5 Å². The van der Waals surface area contributed by atoms with E-state index >= 15 is 4.39 Å². The quantitative estimate of drug-likeness (QED) is 0.417. The Morgan fingerprint density at radius 2 is 1.80 bits per heavy atom. The minimum Gasteiger partial charge on any atom is -0.477 e. The van der Waals surface area contributed by atoms with Crippen LogP contribution < -0.4 is 15.2 Å². The SMILES string of the molecule is CCn1cc(C(=O)O)c(=O)c2c3cc(N4CCN(c5ccc(F)c(Cl)c5)CC4)c(F)cc3ncc21. The predicted octanol–water partition coefficient (Wildman–Crippen LogP) is 4.53. The molecular formula is C25H21ClF2N4O3. The van der Waals surface area contributed by atoms with E-state index in [1.807, 2.05) is 16.7 Å². The first-order valence-corrected chi connectivity index (χ1v) is 11.5. The molecule has 3 heterocycles. The van der Waals surface area contributed by atoms with E-state index in [9.17, 15) is 19.1 Å². The van der Waals surface area contributed by atoms with Crippen molar-refractivity contribution >= 4 is 50.8 Å².